The van der Waals surface area contributed by atoms with Crippen LogP contribution in [0.3, 0.4) is 0 Å². The van der Waals surface area contributed by atoms with Crippen molar-refractivity contribution in [3.05, 3.63) is 29.8 Å². The summed E-state index contributed by atoms with van der Waals surface area (Å²) in [6.45, 7) is 8.40. The molecule has 0 aromatic heterocycles. The van der Waals surface area contributed by atoms with Gasteiger partial charge in [-0.3, -0.25) is 4.99 Å². The van der Waals surface area contributed by atoms with Crippen molar-refractivity contribution in [3.8, 4) is 5.75 Å². The molecular weight excluding hydrogens is 278 g/mol. The predicted octanol–water partition coefficient (Wildman–Crippen LogP) is 2.42. The predicted molar refractivity (Wildman–Crippen MR) is 91.4 cm³/mol. The zero-order valence-electron chi connectivity index (χ0n) is 14.3. The van der Waals surface area contributed by atoms with Gasteiger partial charge in [0.15, 0.2) is 5.96 Å². The molecule has 0 fully saturated rings. The molecule has 124 valence electrons. The van der Waals surface area contributed by atoms with Gasteiger partial charge in [0, 0.05) is 26.7 Å². The van der Waals surface area contributed by atoms with Gasteiger partial charge in [-0.2, -0.15) is 0 Å². The molecule has 0 amide bonds. The summed E-state index contributed by atoms with van der Waals surface area (Å²) in [7, 11) is 3.45. The van der Waals surface area contributed by atoms with E-state index in [1.54, 1.807) is 14.2 Å². The summed E-state index contributed by atoms with van der Waals surface area (Å²) < 4.78 is 10.9. The first kappa shape index (κ1) is 18.3. The second-order valence-corrected chi connectivity index (χ2v) is 5.78. The molecule has 0 aliphatic heterocycles. The smallest absolute Gasteiger partial charge is 0.191 e. The van der Waals surface area contributed by atoms with Gasteiger partial charge in [0.05, 0.1) is 13.2 Å². The number of aliphatic imine (C=N–C) groups is 1. The van der Waals surface area contributed by atoms with E-state index in [0.29, 0.717) is 19.1 Å². The van der Waals surface area contributed by atoms with E-state index in [0.717, 1.165) is 23.9 Å². The summed E-state index contributed by atoms with van der Waals surface area (Å²) in [5.41, 5.74) is 1.16. The second kappa shape index (κ2) is 10.1. The number of ether oxygens (including phenoxy) is 2. The highest BCUT2D eigenvalue weighted by Crippen LogP contribution is 2.14. The van der Waals surface area contributed by atoms with Crippen molar-refractivity contribution in [1.82, 2.24) is 10.6 Å². The molecule has 1 rings (SSSR count). The van der Waals surface area contributed by atoms with Gasteiger partial charge in [0.2, 0.25) is 0 Å². The van der Waals surface area contributed by atoms with Gasteiger partial charge < -0.3 is 20.1 Å². The minimum atomic E-state index is 0.205. The van der Waals surface area contributed by atoms with Crippen LogP contribution in [0.2, 0.25) is 0 Å². The number of benzene rings is 1. The lowest BCUT2D eigenvalue weighted by Crippen LogP contribution is -2.43. The Morgan fingerprint density at radius 3 is 2.64 bits per heavy atom. The van der Waals surface area contributed by atoms with E-state index in [2.05, 4.69) is 48.5 Å². The summed E-state index contributed by atoms with van der Waals surface area (Å²) in [4.78, 5) is 4.21. The number of hydrogen-bond acceptors (Lipinski definition) is 3. The maximum atomic E-state index is 5.75. The zero-order valence-corrected chi connectivity index (χ0v) is 14.3. The molecule has 0 spiro atoms. The average molecular weight is 307 g/mol. The molecule has 0 aliphatic carbocycles. The van der Waals surface area contributed by atoms with Crippen LogP contribution in [0.1, 0.15) is 26.3 Å². The lowest BCUT2D eigenvalue weighted by Gasteiger charge is -2.17. The van der Waals surface area contributed by atoms with Crippen LogP contribution in [0, 0.1) is 5.92 Å². The highest BCUT2D eigenvalue weighted by atomic mass is 16.5. The maximum absolute atomic E-state index is 5.75. The Morgan fingerprint density at radius 2 is 2.00 bits per heavy atom. The van der Waals surface area contributed by atoms with Crippen LogP contribution in [0.25, 0.3) is 0 Å². The molecule has 5 nitrogen and oxygen atoms in total. The molecule has 0 saturated heterocycles. The topological polar surface area (TPSA) is 54.9 Å². The summed E-state index contributed by atoms with van der Waals surface area (Å²) in [5.74, 6) is 2.19. The van der Waals surface area contributed by atoms with Crippen molar-refractivity contribution in [2.24, 2.45) is 10.9 Å². The van der Waals surface area contributed by atoms with Gasteiger partial charge in [-0.15, -0.1) is 0 Å². The van der Waals surface area contributed by atoms with Gasteiger partial charge in [-0.25, -0.2) is 0 Å². The standard InChI is InChI=1S/C17H29N3O2/c1-13(2)11-22-16-8-6-7-15(9-16)10-19-17(18-4)20-14(3)12-21-5/h6-9,13-14H,10-12H2,1-5H3,(H2,18,19,20). The van der Waals surface area contributed by atoms with Crippen LogP contribution in [0.15, 0.2) is 29.3 Å². The minimum absolute atomic E-state index is 0.205. The Balaban J connectivity index is 2.50. The SMILES string of the molecule is CN=C(NCc1cccc(OCC(C)C)c1)NC(C)COC. The largest absolute Gasteiger partial charge is 0.493 e. The lowest BCUT2D eigenvalue weighted by molar-refractivity contribution is 0.179. The number of rotatable bonds is 8. The molecular formula is C17H29N3O2. The Hall–Kier alpha value is -1.75. The fraction of sp³-hybridized carbons (Fsp3) is 0.588. The van der Waals surface area contributed by atoms with E-state index in [-0.39, 0.29) is 6.04 Å². The molecule has 1 unspecified atom stereocenters. The average Bonchev–Trinajstić information content (AvgIpc) is 2.50. The van der Waals surface area contributed by atoms with E-state index in [1.165, 1.54) is 0 Å². The normalized spacial score (nSPS) is 13.1. The van der Waals surface area contributed by atoms with Gasteiger partial charge in [-0.05, 0) is 30.5 Å². The first-order valence-corrected chi connectivity index (χ1v) is 7.73. The Labute approximate surface area is 134 Å². The summed E-state index contributed by atoms with van der Waals surface area (Å²) >= 11 is 0. The van der Waals surface area contributed by atoms with E-state index in [1.807, 2.05) is 12.1 Å². The lowest BCUT2D eigenvalue weighted by atomic mass is 10.2. The molecule has 1 aromatic carbocycles. The molecule has 0 saturated carbocycles. The second-order valence-electron chi connectivity index (χ2n) is 5.78. The molecule has 1 atom stereocenters. The molecule has 0 aliphatic rings. The fourth-order valence-electron chi connectivity index (χ4n) is 1.91. The number of nitrogens with zero attached hydrogens (tertiary/aromatic N) is 1. The van der Waals surface area contributed by atoms with Gasteiger partial charge in [0.1, 0.15) is 5.75 Å². The first-order valence-electron chi connectivity index (χ1n) is 7.73. The molecule has 0 heterocycles. The monoisotopic (exact) mass is 307 g/mol. The Bertz CT molecular complexity index is 461. The van der Waals surface area contributed by atoms with Gasteiger partial charge in [0.25, 0.3) is 0 Å². The molecule has 22 heavy (non-hydrogen) atoms. The third-order valence-electron chi connectivity index (χ3n) is 2.97. The van der Waals surface area contributed by atoms with Crippen LogP contribution in [-0.4, -0.2) is 39.4 Å². The third kappa shape index (κ3) is 7.31. The highest BCUT2D eigenvalue weighted by Gasteiger charge is 2.05. The number of nitrogens with one attached hydrogen (secondary N) is 2. The third-order valence-corrected chi connectivity index (χ3v) is 2.97. The van der Waals surface area contributed by atoms with Crippen molar-refractivity contribution >= 4 is 5.96 Å². The van der Waals surface area contributed by atoms with Crippen LogP contribution in [-0.2, 0) is 11.3 Å². The Kier molecular flexibility index (Phi) is 8.36. The van der Waals surface area contributed by atoms with Crippen LogP contribution in [0.5, 0.6) is 5.75 Å². The van der Waals surface area contributed by atoms with E-state index in [4.69, 9.17) is 9.47 Å². The van der Waals surface area contributed by atoms with Crippen molar-refractivity contribution in [2.45, 2.75) is 33.4 Å². The van der Waals surface area contributed by atoms with E-state index >= 15 is 0 Å². The summed E-state index contributed by atoms with van der Waals surface area (Å²) in [6.07, 6.45) is 0. The number of hydrogen-bond donors (Lipinski definition) is 2. The summed E-state index contributed by atoms with van der Waals surface area (Å²) in [6, 6.07) is 8.33. The molecule has 2 N–H and O–H groups in total. The maximum Gasteiger partial charge on any atom is 0.191 e. The van der Waals surface area contributed by atoms with Crippen molar-refractivity contribution in [2.75, 3.05) is 27.4 Å². The van der Waals surface area contributed by atoms with Gasteiger partial charge in [-0.1, -0.05) is 26.0 Å². The molecule has 0 bridgehead atoms. The highest BCUT2D eigenvalue weighted by molar-refractivity contribution is 5.79. The van der Waals surface area contributed by atoms with Crippen molar-refractivity contribution in [1.29, 1.82) is 0 Å². The number of methoxy groups -OCH3 is 1. The van der Waals surface area contributed by atoms with Gasteiger partial charge >= 0.3 is 0 Å². The quantitative estimate of drug-likeness (QED) is 0.572. The number of guanidine groups is 1. The fourth-order valence-corrected chi connectivity index (χ4v) is 1.91. The van der Waals surface area contributed by atoms with Crippen LogP contribution < -0.4 is 15.4 Å². The molecule has 5 heteroatoms. The van der Waals surface area contributed by atoms with Crippen molar-refractivity contribution in [3.63, 3.8) is 0 Å². The minimum Gasteiger partial charge on any atom is -0.493 e. The van der Waals surface area contributed by atoms with Crippen LogP contribution >= 0.6 is 0 Å². The molecule has 0 radical (unpaired) electrons. The molecule has 1 aromatic rings. The van der Waals surface area contributed by atoms with E-state index < -0.39 is 0 Å². The first-order chi connectivity index (χ1) is 10.5. The zero-order chi connectivity index (χ0) is 16.4. The summed E-state index contributed by atoms with van der Waals surface area (Å²) in [5, 5.41) is 6.57. The van der Waals surface area contributed by atoms with Crippen LogP contribution in [0.4, 0.5) is 0 Å². The Morgan fingerprint density at radius 1 is 1.23 bits per heavy atom. The van der Waals surface area contributed by atoms with Crippen molar-refractivity contribution < 1.29 is 9.47 Å². The van der Waals surface area contributed by atoms with E-state index in [9.17, 15) is 0 Å².